The molecule has 0 saturated heterocycles. The molecule has 3 aromatic carbocycles. The number of imidazole rings is 1. The molecule has 6 nitrogen and oxygen atoms in total. The van der Waals surface area contributed by atoms with Gasteiger partial charge in [-0.2, -0.15) is 13.2 Å². The first-order chi connectivity index (χ1) is 17.2. The van der Waals surface area contributed by atoms with Gasteiger partial charge in [0.1, 0.15) is 12.4 Å². The molecule has 0 saturated carbocycles. The summed E-state index contributed by atoms with van der Waals surface area (Å²) in [5, 5.41) is 5.43. The summed E-state index contributed by atoms with van der Waals surface area (Å²) >= 11 is 0. The fourth-order valence-electron chi connectivity index (χ4n) is 3.87. The van der Waals surface area contributed by atoms with Crippen molar-refractivity contribution in [1.29, 1.82) is 0 Å². The number of nitrogens with zero attached hydrogens (tertiary/aromatic N) is 2. The Bertz CT molecular complexity index is 1380. The van der Waals surface area contributed by atoms with Crippen molar-refractivity contribution in [3.05, 3.63) is 95.3 Å². The number of para-hydroxylation sites is 2. The summed E-state index contributed by atoms with van der Waals surface area (Å²) in [5.74, 6) is 0.0235. The number of carbonyl (C=O) groups excluding carboxylic acids is 2. The van der Waals surface area contributed by atoms with Crippen molar-refractivity contribution in [2.24, 2.45) is 0 Å². The fourth-order valence-corrected chi connectivity index (χ4v) is 3.87. The minimum Gasteiger partial charge on any atom is -0.352 e. The second kappa shape index (κ2) is 10.6. The van der Waals surface area contributed by atoms with Crippen LogP contribution in [0, 0.1) is 6.92 Å². The number of fused-ring (bicyclic) bond motifs is 1. The first-order valence-corrected chi connectivity index (χ1v) is 11.5. The quantitative estimate of drug-likeness (QED) is 0.324. The monoisotopic (exact) mass is 494 g/mol. The number of hydrogen-bond acceptors (Lipinski definition) is 3. The first kappa shape index (κ1) is 25.0. The Kier molecular flexibility index (Phi) is 7.38. The van der Waals surface area contributed by atoms with Crippen LogP contribution in [-0.2, 0) is 23.9 Å². The summed E-state index contributed by atoms with van der Waals surface area (Å²) in [6.07, 6.45) is -3.40. The highest BCUT2D eigenvalue weighted by Crippen LogP contribution is 2.30. The second-order valence-electron chi connectivity index (χ2n) is 8.46. The van der Waals surface area contributed by atoms with Gasteiger partial charge in [-0.1, -0.05) is 35.9 Å². The van der Waals surface area contributed by atoms with E-state index < -0.39 is 17.6 Å². The number of amides is 2. The largest absolute Gasteiger partial charge is 0.416 e. The predicted molar refractivity (Wildman–Crippen MR) is 132 cm³/mol. The van der Waals surface area contributed by atoms with Crippen LogP contribution >= 0.6 is 0 Å². The summed E-state index contributed by atoms with van der Waals surface area (Å²) in [6.45, 7) is 2.27. The molecule has 186 valence electrons. The fraction of sp³-hybridized carbons (Fsp3) is 0.222. The summed E-state index contributed by atoms with van der Waals surface area (Å²) in [7, 11) is 0. The lowest BCUT2D eigenvalue weighted by atomic mass is 10.1. The predicted octanol–water partition coefficient (Wildman–Crippen LogP) is 5.36. The molecule has 0 aliphatic heterocycles. The van der Waals surface area contributed by atoms with Crippen LogP contribution in [-0.4, -0.2) is 27.9 Å². The number of hydrogen-bond donors (Lipinski definition) is 2. The highest BCUT2D eigenvalue weighted by atomic mass is 19.4. The van der Waals surface area contributed by atoms with E-state index in [-0.39, 0.29) is 18.1 Å². The van der Waals surface area contributed by atoms with Gasteiger partial charge in [0.25, 0.3) is 5.91 Å². The van der Waals surface area contributed by atoms with Crippen molar-refractivity contribution < 1.29 is 22.8 Å². The third-order valence-corrected chi connectivity index (χ3v) is 5.69. The van der Waals surface area contributed by atoms with Gasteiger partial charge in [-0.3, -0.25) is 9.59 Å². The Hall–Kier alpha value is -4.14. The average molecular weight is 495 g/mol. The Morgan fingerprint density at radius 3 is 2.47 bits per heavy atom. The van der Waals surface area contributed by atoms with Gasteiger partial charge in [-0.25, -0.2) is 4.98 Å². The van der Waals surface area contributed by atoms with Crippen LogP contribution in [0.3, 0.4) is 0 Å². The van der Waals surface area contributed by atoms with E-state index in [0.29, 0.717) is 36.3 Å². The lowest BCUT2D eigenvalue weighted by Crippen LogP contribution is -2.25. The van der Waals surface area contributed by atoms with Crippen molar-refractivity contribution >= 4 is 28.5 Å². The molecule has 0 radical (unpaired) electrons. The maximum Gasteiger partial charge on any atom is 0.416 e. The lowest BCUT2D eigenvalue weighted by molar-refractivity contribution is -0.137. The Balaban J connectivity index is 1.42. The van der Waals surface area contributed by atoms with Crippen LogP contribution < -0.4 is 10.6 Å². The van der Waals surface area contributed by atoms with Crippen LogP contribution in [0.1, 0.15) is 33.7 Å². The smallest absolute Gasteiger partial charge is 0.352 e. The van der Waals surface area contributed by atoms with E-state index in [1.807, 2.05) is 43.3 Å². The molecule has 36 heavy (non-hydrogen) atoms. The standard InChI is InChI=1S/C27H25F3N4O2/c1-18-11-13-19(14-12-18)26(36)31-15-5-10-24-33-22-8-2-3-9-23(22)34(24)17-25(35)32-21-7-4-6-20(16-21)27(28,29)30/h2-4,6-9,11-14,16H,5,10,15,17H2,1H3,(H,31,36)(H,32,35). The molecular formula is C27H25F3N4O2. The van der Waals surface area contributed by atoms with Crippen LogP contribution in [0.15, 0.2) is 72.8 Å². The molecular weight excluding hydrogens is 469 g/mol. The van der Waals surface area contributed by atoms with E-state index in [0.717, 1.165) is 23.2 Å². The van der Waals surface area contributed by atoms with Gasteiger partial charge >= 0.3 is 6.18 Å². The van der Waals surface area contributed by atoms with Crippen LogP contribution in [0.25, 0.3) is 11.0 Å². The summed E-state index contributed by atoms with van der Waals surface area (Å²) < 4.78 is 40.7. The van der Waals surface area contributed by atoms with E-state index >= 15 is 0 Å². The zero-order valence-electron chi connectivity index (χ0n) is 19.6. The highest BCUT2D eigenvalue weighted by molar-refractivity contribution is 5.94. The molecule has 2 amide bonds. The third-order valence-electron chi connectivity index (χ3n) is 5.69. The second-order valence-corrected chi connectivity index (χ2v) is 8.46. The zero-order valence-corrected chi connectivity index (χ0v) is 19.6. The lowest BCUT2D eigenvalue weighted by Gasteiger charge is -2.12. The molecule has 1 aromatic heterocycles. The van der Waals surface area contributed by atoms with E-state index in [1.54, 1.807) is 16.7 Å². The molecule has 1 heterocycles. The number of aryl methyl sites for hydroxylation is 2. The van der Waals surface area contributed by atoms with E-state index in [2.05, 4.69) is 15.6 Å². The SMILES string of the molecule is Cc1ccc(C(=O)NCCCc2nc3ccccc3n2CC(=O)Nc2cccc(C(F)(F)F)c2)cc1. The summed E-state index contributed by atoms with van der Waals surface area (Å²) in [5.41, 5.74) is 2.35. The third kappa shape index (κ3) is 6.10. The molecule has 4 rings (SSSR count). The topological polar surface area (TPSA) is 76.0 Å². The van der Waals surface area contributed by atoms with E-state index in [1.165, 1.54) is 12.1 Å². The van der Waals surface area contributed by atoms with Gasteiger partial charge in [0, 0.05) is 24.2 Å². The van der Waals surface area contributed by atoms with Crippen LogP contribution in [0.5, 0.6) is 0 Å². The first-order valence-electron chi connectivity index (χ1n) is 11.5. The van der Waals surface area contributed by atoms with Crippen molar-refractivity contribution in [3.63, 3.8) is 0 Å². The van der Waals surface area contributed by atoms with Gasteiger partial charge in [-0.15, -0.1) is 0 Å². The average Bonchev–Trinajstić information content (AvgIpc) is 3.19. The van der Waals surface area contributed by atoms with E-state index in [9.17, 15) is 22.8 Å². The molecule has 4 aromatic rings. The maximum atomic E-state index is 13.0. The maximum absolute atomic E-state index is 13.0. The van der Waals surface area contributed by atoms with Gasteiger partial charge in [-0.05, 0) is 55.8 Å². The molecule has 0 aliphatic carbocycles. The van der Waals surface area contributed by atoms with Crippen molar-refractivity contribution in [1.82, 2.24) is 14.9 Å². The van der Waals surface area contributed by atoms with Gasteiger partial charge in [0.2, 0.25) is 5.91 Å². The number of nitrogens with one attached hydrogen (secondary N) is 2. The zero-order chi connectivity index (χ0) is 25.7. The number of anilines is 1. The molecule has 0 spiro atoms. The van der Waals surface area contributed by atoms with Crippen molar-refractivity contribution in [2.75, 3.05) is 11.9 Å². The molecule has 0 unspecified atom stereocenters. The van der Waals surface area contributed by atoms with Crippen molar-refractivity contribution in [2.45, 2.75) is 32.5 Å². The van der Waals surface area contributed by atoms with E-state index in [4.69, 9.17) is 0 Å². The van der Waals surface area contributed by atoms with Crippen molar-refractivity contribution in [3.8, 4) is 0 Å². The molecule has 9 heteroatoms. The number of alkyl halides is 3. The summed E-state index contributed by atoms with van der Waals surface area (Å²) in [6, 6.07) is 19.2. The Morgan fingerprint density at radius 2 is 1.72 bits per heavy atom. The molecule has 2 N–H and O–H groups in total. The number of aromatic nitrogens is 2. The number of benzene rings is 3. The highest BCUT2D eigenvalue weighted by Gasteiger charge is 2.30. The Morgan fingerprint density at radius 1 is 0.972 bits per heavy atom. The minimum atomic E-state index is -4.50. The Labute approximate surface area is 206 Å². The van der Waals surface area contributed by atoms with Gasteiger partial charge < -0.3 is 15.2 Å². The minimum absolute atomic E-state index is 0.0691. The molecule has 0 fully saturated rings. The normalized spacial score (nSPS) is 11.4. The summed E-state index contributed by atoms with van der Waals surface area (Å²) in [4.78, 5) is 29.7. The number of carbonyl (C=O) groups is 2. The van der Waals surface area contributed by atoms with Gasteiger partial charge in [0.15, 0.2) is 0 Å². The van der Waals surface area contributed by atoms with Gasteiger partial charge in [0.05, 0.1) is 16.6 Å². The van der Waals surface area contributed by atoms with Crippen LogP contribution in [0.2, 0.25) is 0 Å². The molecule has 0 atom stereocenters. The number of rotatable bonds is 8. The molecule has 0 bridgehead atoms. The number of halogens is 3. The van der Waals surface area contributed by atoms with Crippen LogP contribution in [0.4, 0.5) is 18.9 Å². The molecule has 0 aliphatic rings.